The molecule has 0 aliphatic heterocycles. The van der Waals surface area contributed by atoms with Crippen molar-refractivity contribution in [1.82, 2.24) is 0 Å². The fourth-order valence-corrected chi connectivity index (χ4v) is 1.92. The number of rotatable bonds is 12. The molecule has 1 unspecified atom stereocenters. The van der Waals surface area contributed by atoms with Gasteiger partial charge in [-0.3, -0.25) is 0 Å². The lowest BCUT2D eigenvalue weighted by Gasteiger charge is -2.11. The van der Waals surface area contributed by atoms with Crippen molar-refractivity contribution in [3.8, 4) is 0 Å². The number of hydrogen-bond acceptors (Lipinski definition) is 1. The molecule has 0 spiro atoms. The van der Waals surface area contributed by atoms with Crippen molar-refractivity contribution < 1.29 is 4.74 Å². The molecular weight excluding hydrogens is 196 g/mol. The highest BCUT2D eigenvalue weighted by molar-refractivity contribution is 4.52. The minimum Gasteiger partial charge on any atom is -0.381 e. The summed E-state index contributed by atoms with van der Waals surface area (Å²) in [6.07, 6.45) is 12.1. The van der Waals surface area contributed by atoms with Gasteiger partial charge < -0.3 is 4.74 Å². The van der Waals surface area contributed by atoms with Crippen molar-refractivity contribution >= 4 is 0 Å². The molecule has 0 bridgehead atoms. The SMILES string of the molecule is CCCCCCCOCC(C)CCCCC. The summed E-state index contributed by atoms with van der Waals surface area (Å²) in [5.74, 6) is 0.752. The molecule has 1 nitrogen and oxygen atoms in total. The van der Waals surface area contributed by atoms with Crippen molar-refractivity contribution in [2.45, 2.75) is 78.6 Å². The number of hydrogen-bond donors (Lipinski definition) is 0. The van der Waals surface area contributed by atoms with Crippen LogP contribution in [-0.4, -0.2) is 13.2 Å². The Hall–Kier alpha value is -0.0400. The second kappa shape index (κ2) is 13.0. The van der Waals surface area contributed by atoms with Crippen LogP contribution >= 0.6 is 0 Å². The minimum atomic E-state index is 0.752. The van der Waals surface area contributed by atoms with Gasteiger partial charge in [0.05, 0.1) is 0 Å². The van der Waals surface area contributed by atoms with Gasteiger partial charge in [0, 0.05) is 13.2 Å². The van der Waals surface area contributed by atoms with Crippen molar-refractivity contribution in [2.75, 3.05) is 13.2 Å². The Balaban J connectivity index is 3.06. The Morgan fingerprint density at radius 3 is 2.12 bits per heavy atom. The molecule has 98 valence electrons. The first-order chi connectivity index (χ1) is 7.81. The summed E-state index contributed by atoms with van der Waals surface area (Å²) in [6.45, 7) is 8.78. The lowest BCUT2D eigenvalue weighted by Crippen LogP contribution is -2.06. The van der Waals surface area contributed by atoms with Gasteiger partial charge >= 0.3 is 0 Å². The molecule has 0 heterocycles. The first-order valence-corrected chi connectivity index (χ1v) is 7.39. The lowest BCUT2D eigenvalue weighted by atomic mass is 10.0. The molecule has 16 heavy (non-hydrogen) atoms. The predicted molar refractivity (Wildman–Crippen MR) is 72.9 cm³/mol. The van der Waals surface area contributed by atoms with E-state index in [2.05, 4.69) is 20.8 Å². The second-order valence-electron chi connectivity index (χ2n) is 5.09. The molecule has 0 aromatic rings. The van der Waals surface area contributed by atoms with Gasteiger partial charge in [0.1, 0.15) is 0 Å². The van der Waals surface area contributed by atoms with Gasteiger partial charge in [-0.1, -0.05) is 65.7 Å². The molecular formula is C15H32O. The molecule has 0 rings (SSSR count). The standard InChI is InChI=1S/C15H32O/c1-4-6-8-9-11-13-16-14-15(3)12-10-7-5-2/h15H,4-14H2,1-3H3. The zero-order valence-electron chi connectivity index (χ0n) is 11.8. The summed E-state index contributed by atoms with van der Waals surface area (Å²) in [5, 5.41) is 0. The van der Waals surface area contributed by atoms with Crippen LogP contribution < -0.4 is 0 Å². The molecule has 0 amide bonds. The van der Waals surface area contributed by atoms with E-state index in [-0.39, 0.29) is 0 Å². The Morgan fingerprint density at radius 1 is 0.812 bits per heavy atom. The largest absolute Gasteiger partial charge is 0.381 e. The zero-order valence-corrected chi connectivity index (χ0v) is 11.8. The first-order valence-electron chi connectivity index (χ1n) is 7.39. The Labute approximate surface area is 103 Å². The molecule has 0 radical (unpaired) electrons. The van der Waals surface area contributed by atoms with Crippen LogP contribution in [0.25, 0.3) is 0 Å². The van der Waals surface area contributed by atoms with Crippen molar-refractivity contribution in [3.63, 3.8) is 0 Å². The molecule has 0 fully saturated rings. The molecule has 0 N–H and O–H groups in total. The maximum Gasteiger partial charge on any atom is 0.0491 e. The summed E-state index contributed by atoms with van der Waals surface area (Å²) in [4.78, 5) is 0. The van der Waals surface area contributed by atoms with E-state index in [1.807, 2.05) is 0 Å². The Morgan fingerprint density at radius 2 is 1.44 bits per heavy atom. The third-order valence-corrected chi connectivity index (χ3v) is 3.10. The van der Waals surface area contributed by atoms with Crippen LogP contribution in [0.15, 0.2) is 0 Å². The summed E-state index contributed by atoms with van der Waals surface area (Å²) in [5.41, 5.74) is 0. The Kier molecular flexibility index (Phi) is 13.0. The van der Waals surface area contributed by atoms with Gasteiger partial charge in [0.15, 0.2) is 0 Å². The first kappa shape index (κ1) is 16.0. The molecule has 0 saturated heterocycles. The quantitative estimate of drug-likeness (QED) is 0.418. The zero-order chi connectivity index (χ0) is 12.1. The van der Waals surface area contributed by atoms with Crippen LogP contribution in [0.4, 0.5) is 0 Å². The van der Waals surface area contributed by atoms with Gasteiger partial charge in [0.2, 0.25) is 0 Å². The van der Waals surface area contributed by atoms with E-state index >= 15 is 0 Å². The average molecular weight is 228 g/mol. The maximum absolute atomic E-state index is 5.71. The van der Waals surface area contributed by atoms with Crippen LogP contribution in [-0.2, 0) is 4.74 Å². The third-order valence-electron chi connectivity index (χ3n) is 3.10. The summed E-state index contributed by atoms with van der Waals surface area (Å²) in [6, 6.07) is 0. The van der Waals surface area contributed by atoms with E-state index in [0.29, 0.717) is 0 Å². The van der Waals surface area contributed by atoms with E-state index in [1.54, 1.807) is 0 Å². The van der Waals surface area contributed by atoms with Crippen molar-refractivity contribution in [1.29, 1.82) is 0 Å². The maximum atomic E-state index is 5.71. The highest BCUT2D eigenvalue weighted by Gasteiger charge is 2.01. The fourth-order valence-electron chi connectivity index (χ4n) is 1.92. The van der Waals surface area contributed by atoms with E-state index in [0.717, 1.165) is 19.1 Å². The minimum absolute atomic E-state index is 0.752. The predicted octanol–water partition coefficient (Wildman–Crippen LogP) is 5.19. The van der Waals surface area contributed by atoms with Crippen LogP contribution in [0.3, 0.4) is 0 Å². The van der Waals surface area contributed by atoms with E-state index < -0.39 is 0 Å². The van der Waals surface area contributed by atoms with Crippen LogP contribution in [0.2, 0.25) is 0 Å². The fraction of sp³-hybridized carbons (Fsp3) is 1.00. The van der Waals surface area contributed by atoms with Crippen LogP contribution in [0, 0.1) is 5.92 Å². The van der Waals surface area contributed by atoms with Crippen LogP contribution in [0.5, 0.6) is 0 Å². The third kappa shape index (κ3) is 12.0. The molecule has 0 saturated carbocycles. The van der Waals surface area contributed by atoms with E-state index in [9.17, 15) is 0 Å². The smallest absolute Gasteiger partial charge is 0.0491 e. The average Bonchev–Trinajstić information content (AvgIpc) is 2.28. The normalized spacial score (nSPS) is 12.9. The second-order valence-corrected chi connectivity index (χ2v) is 5.09. The van der Waals surface area contributed by atoms with Gasteiger partial charge in [0.25, 0.3) is 0 Å². The molecule has 0 aromatic carbocycles. The van der Waals surface area contributed by atoms with Gasteiger partial charge in [-0.05, 0) is 18.8 Å². The van der Waals surface area contributed by atoms with Gasteiger partial charge in [-0.25, -0.2) is 0 Å². The number of unbranched alkanes of at least 4 members (excludes halogenated alkanes) is 6. The summed E-state index contributed by atoms with van der Waals surface area (Å²) < 4.78 is 5.71. The number of ether oxygens (including phenoxy) is 1. The molecule has 1 atom stereocenters. The molecule has 1 heteroatoms. The summed E-state index contributed by atoms with van der Waals surface area (Å²) in [7, 11) is 0. The molecule has 0 aliphatic rings. The van der Waals surface area contributed by atoms with E-state index in [4.69, 9.17) is 4.74 Å². The van der Waals surface area contributed by atoms with Crippen LogP contribution in [0.1, 0.15) is 78.6 Å². The highest BCUT2D eigenvalue weighted by atomic mass is 16.5. The van der Waals surface area contributed by atoms with Gasteiger partial charge in [-0.15, -0.1) is 0 Å². The van der Waals surface area contributed by atoms with E-state index in [1.165, 1.54) is 57.8 Å². The monoisotopic (exact) mass is 228 g/mol. The van der Waals surface area contributed by atoms with Crippen molar-refractivity contribution in [2.24, 2.45) is 5.92 Å². The molecule has 0 aliphatic carbocycles. The van der Waals surface area contributed by atoms with Gasteiger partial charge in [-0.2, -0.15) is 0 Å². The highest BCUT2D eigenvalue weighted by Crippen LogP contribution is 2.10. The van der Waals surface area contributed by atoms with Crippen molar-refractivity contribution in [3.05, 3.63) is 0 Å². The topological polar surface area (TPSA) is 9.23 Å². The summed E-state index contributed by atoms with van der Waals surface area (Å²) >= 11 is 0. The molecule has 0 aromatic heterocycles. The Bertz CT molecular complexity index is 123. The lowest BCUT2D eigenvalue weighted by molar-refractivity contribution is 0.0977.